The van der Waals surface area contributed by atoms with E-state index < -0.39 is 0 Å². The molecule has 1 aromatic heterocycles. The number of hydrogen-bond acceptors (Lipinski definition) is 4. The molecule has 0 unspecified atom stereocenters. The number of hydrogen-bond donors (Lipinski definition) is 2. The molecule has 1 aliphatic carbocycles. The molecule has 2 aromatic rings. The van der Waals surface area contributed by atoms with Crippen LogP contribution in [-0.2, 0) is 0 Å². The molecule has 1 aromatic carbocycles. The number of pyridine rings is 1. The summed E-state index contributed by atoms with van der Waals surface area (Å²) in [7, 11) is 0. The lowest BCUT2D eigenvalue weighted by atomic mass is 10.0. The number of carbonyl (C=O) groups excluding carboxylic acids is 1. The van der Waals surface area contributed by atoms with E-state index >= 15 is 0 Å². The first kappa shape index (κ1) is 16.7. The highest BCUT2D eigenvalue weighted by Crippen LogP contribution is 2.43. The van der Waals surface area contributed by atoms with Gasteiger partial charge in [-0.25, -0.2) is 4.79 Å². The van der Waals surface area contributed by atoms with E-state index in [4.69, 9.17) is 9.47 Å². The van der Waals surface area contributed by atoms with Crippen molar-refractivity contribution in [2.75, 3.05) is 13.2 Å². The number of aromatic nitrogens is 1. The van der Waals surface area contributed by atoms with Gasteiger partial charge < -0.3 is 20.1 Å². The van der Waals surface area contributed by atoms with Crippen LogP contribution in [0.4, 0.5) is 4.79 Å². The van der Waals surface area contributed by atoms with Crippen LogP contribution in [0.15, 0.2) is 42.6 Å². The Bertz CT molecular complexity index is 777. The maximum Gasteiger partial charge on any atom is 0.315 e. The third-order valence-corrected chi connectivity index (χ3v) is 4.78. The first-order valence-corrected chi connectivity index (χ1v) is 9.08. The molecule has 26 heavy (non-hydrogen) atoms. The number of fused-ring (bicyclic) bond motifs is 1. The van der Waals surface area contributed by atoms with Gasteiger partial charge in [-0.1, -0.05) is 12.1 Å². The zero-order valence-corrected chi connectivity index (χ0v) is 14.8. The smallest absolute Gasteiger partial charge is 0.315 e. The standard InChI is InChI=1S/C20H23N3O3/c1-13(16-4-2-3-9-21-16)22-20(24)23-19(14-5-6-14)15-7-8-17-18(12-15)26-11-10-25-17/h2-4,7-9,12-14,19H,5-6,10-11H2,1H3,(H2,22,23,24)/t13-,19+/m1/s1. The third-order valence-electron chi connectivity index (χ3n) is 4.78. The Kier molecular flexibility index (Phi) is 4.65. The number of amides is 2. The van der Waals surface area contributed by atoms with Crippen LogP contribution in [0, 0.1) is 5.92 Å². The van der Waals surface area contributed by atoms with Gasteiger partial charge in [0.25, 0.3) is 0 Å². The molecule has 136 valence electrons. The SMILES string of the molecule is C[C@@H](NC(=O)N[C@H](c1ccc2c(c1)OCCO2)C1CC1)c1ccccn1. The Labute approximate surface area is 152 Å². The van der Waals surface area contributed by atoms with Crippen LogP contribution in [-0.4, -0.2) is 24.2 Å². The van der Waals surface area contributed by atoms with Crippen molar-refractivity contribution in [2.45, 2.75) is 31.8 Å². The molecule has 6 nitrogen and oxygen atoms in total. The first-order chi connectivity index (χ1) is 12.7. The second-order valence-electron chi connectivity index (χ2n) is 6.81. The molecule has 0 radical (unpaired) electrons. The number of benzene rings is 1. The molecule has 2 heterocycles. The van der Waals surface area contributed by atoms with Gasteiger partial charge in [0.05, 0.1) is 17.8 Å². The number of urea groups is 1. The van der Waals surface area contributed by atoms with Crippen LogP contribution in [0.25, 0.3) is 0 Å². The number of rotatable bonds is 5. The maximum atomic E-state index is 12.5. The Hall–Kier alpha value is -2.76. The normalized spacial score (nSPS) is 17.9. The van der Waals surface area contributed by atoms with E-state index in [1.54, 1.807) is 6.20 Å². The Morgan fingerprint density at radius 1 is 1.12 bits per heavy atom. The molecule has 0 bridgehead atoms. The van der Waals surface area contributed by atoms with E-state index in [1.807, 2.05) is 43.3 Å². The topological polar surface area (TPSA) is 72.5 Å². The van der Waals surface area contributed by atoms with Gasteiger partial charge in [0.2, 0.25) is 0 Å². The monoisotopic (exact) mass is 353 g/mol. The van der Waals surface area contributed by atoms with E-state index in [2.05, 4.69) is 15.6 Å². The third kappa shape index (κ3) is 3.74. The van der Waals surface area contributed by atoms with Crippen LogP contribution in [0.3, 0.4) is 0 Å². The van der Waals surface area contributed by atoms with E-state index in [0.717, 1.165) is 35.6 Å². The highest BCUT2D eigenvalue weighted by Gasteiger charge is 2.34. The lowest BCUT2D eigenvalue weighted by molar-refractivity contribution is 0.171. The molecule has 0 spiro atoms. The Morgan fingerprint density at radius 2 is 1.92 bits per heavy atom. The largest absolute Gasteiger partial charge is 0.486 e. The minimum absolute atomic E-state index is 0.0261. The summed E-state index contributed by atoms with van der Waals surface area (Å²) in [6, 6.07) is 11.2. The average Bonchev–Trinajstić information content (AvgIpc) is 3.51. The zero-order chi connectivity index (χ0) is 17.9. The minimum atomic E-state index is -0.185. The molecule has 2 N–H and O–H groups in total. The molecular weight excluding hydrogens is 330 g/mol. The summed E-state index contributed by atoms with van der Waals surface area (Å²) < 4.78 is 11.3. The van der Waals surface area contributed by atoms with Crippen molar-refractivity contribution < 1.29 is 14.3 Å². The highest BCUT2D eigenvalue weighted by atomic mass is 16.6. The fraction of sp³-hybridized carbons (Fsp3) is 0.400. The van der Waals surface area contributed by atoms with Gasteiger partial charge in [-0.2, -0.15) is 0 Å². The number of nitrogens with one attached hydrogen (secondary N) is 2. The summed E-state index contributed by atoms with van der Waals surface area (Å²) in [6.07, 6.45) is 3.97. The van der Waals surface area contributed by atoms with E-state index in [9.17, 15) is 4.79 Å². The van der Waals surface area contributed by atoms with Crippen LogP contribution in [0.5, 0.6) is 11.5 Å². The second-order valence-corrected chi connectivity index (χ2v) is 6.81. The predicted molar refractivity (Wildman–Crippen MR) is 97.2 cm³/mol. The van der Waals surface area contributed by atoms with Crippen molar-refractivity contribution in [1.82, 2.24) is 15.6 Å². The Morgan fingerprint density at radius 3 is 2.65 bits per heavy atom. The minimum Gasteiger partial charge on any atom is -0.486 e. The second kappa shape index (κ2) is 7.23. The van der Waals surface area contributed by atoms with Crippen molar-refractivity contribution in [2.24, 2.45) is 5.92 Å². The number of nitrogens with zero attached hydrogens (tertiary/aromatic N) is 1. The molecule has 0 saturated heterocycles. The van der Waals surface area contributed by atoms with Gasteiger partial charge in [0.1, 0.15) is 13.2 Å². The van der Waals surface area contributed by atoms with Gasteiger partial charge in [0.15, 0.2) is 11.5 Å². The van der Waals surface area contributed by atoms with E-state index in [-0.39, 0.29) is 18.1 Å². The summed E-state index contributed by atoms with van der Waals surface area (Å²) in [5.74, 6) is 1.99. The summed E-state index contributed by atoms with van der Waals surface area (Å²) >= 11 is 0. The Balaban J connectivity index is 1.45. The summed E-state index contributed by atoms with van der Waals surface area (Å²) in [5, 5.41) is 6.10. The molecule has 2 aliphatic rings. The molecule has 2 amide bonds. The van der Waals surface area contributed by atoms with Crippen molar-refractivity contribution in [1.29, 1.82) is 0 Å². The summed E-state index contributed by atoms with van der Waals surface area (Å²) in [5.41, 5.74) is 1.89. The molecule has 2 atom stereocenters. The van der Waals surface area contributed by atoms with Crippen LogP contribution >= 0.6 is 0 Å². The van der Waals surface area contributed by atoms with Crippen molar-refractivity contribution in [3.05, 3.63) is 53.9 Å². The lowest BCUT2D eigenvalue weighted by Gasteiger charge is -2.24. The number of ether oxygens (including phenoxy) is 2. The van der Waals surface area contributed by atoms with Gasteiger partial charge in [-0.3, -0.25) is 4.98 Å². The molecule has 1 aliphatic heterocycles. The van der Waals surface area contributed by atoms with Gasteiger partial charge in [-0.15, -0.1) is 0 Å². The van der Waals surface area contributed by atoms with Crippen molar-refractivity contribution >= 4 is 6.03 Å². The molecule has 6 heteroatoms. The van der Waals surface area contributed by atoms with E-state index in [0.29, 0.717) is 19.1 Å². The van der Waals surface area contributed by atoms with Gasteiger partial charge >= 0.3 is 6.03 Å². The van der Waals surface area contributed by atoms with Gasteiger partial charge in [0, 0.05) is 6.20 Å². The van der Waals surface area contributed by atoms with Crippen molar-refractivity contribution in [3.8, 4) is 11.5 Å². The highest BCUT2D eigenvalue weighted by molar-refractivity contribution is 5.75. The number of carbonyl (C=O) groups is 1. The molecular formula is C20H23N3O3. The summed E-state index contributed by atoms with van der Waals surface area (Å²) in [6.45, 7) is 3.06. The molecule has 1 saturated carbocycles. The fourth-order valence-corrected chi connectivity index (χ4v) is 3.24. The van der Waals surface area contributed by atoms with Crippen LogP contribution in [0.2, 0.25) is 0 Å². The average molecular weight is 353 g/mol. The predicted octanol–water partition coefficient (Wildman–Crippen LogP) is 3.36. The quantitative estimate of drug-likeness (QED) is 0.864. The lowest BCUT2D eigenvalue weighted by Crippen LogP contribution is -2.40. The zero-order valence-electron chi connectivity index (χ0n) is 14.8. The maximum absolute atomic E-state index is 12.5. The fourth-order valence-electron chi connectivity index (χ4n) is 3.24. The molecule has 1 fully saturated rings. The van der Waals surface area contributed by atoms with Gasteiger partial charge in [-0.05, 0) is 55.5 Å². The van der Waals surface area contributed by atoms with Crippen LogP contribution in [0.1, 0.15) is 43.1 Å². The van der Waals surface area contributed by atoms with E-state index in [1.165, 1.54) is 0 Å². The van der Waals surface area contributed by atoms with Crippen molar-refractivity contribution in [3.63, 3.8) is 0 Å². The molecule has 4 rings (SSSR count). The first-order valence-electron chi connectivity index (χ1n) is 9.08. The summed E-state index contributed by atoms with van der Waals surface area (Å²) in [4.78, 5) is 16.8. The van der Waals surface area contributed by atoms with Crippen LogP contribution < -0.4 is 20.1 Å².